The Balaban J connectivity index is 2.40. The van der Waals surface area contributed by atoms with Gasteiger partial charge in [0.1, 0.15) is 5.75 Å². The molecule has 3 heteroatoms. The summed E-state index contributed by atoms with van der Waals surface area (Å²) in [4.78, 5) is 0. The fourth-order valence-corrected chi connectivity index (χ4v) is 2.47. The molecule has 2 N–H and O–H groups in total. The zero-order valence-corrected chi connectivity index (χ0v) is 12.8. The number of nitrogens with two attached hydrogens (primary N) is 1. The first-order valence-electron chi connectivity index (χ1n) is 6.33. The lowest BCUT2D eigenvalue weighted by atomic mass is 9.97. The van der Waals surface area contributed by atoms with E-state index < -0.39 is 0 Å². The zero-order valence-electron chi connectivity index (χ0n) is 11.2. The summed E-state index contributed by atoms with van der Waals surface area (Å²) in [6.45, 7) is 2.14. The normalized spacial score (nSPS) is 12.2. The maximum Gasteiger partial charge on any atom is 0.125 e. The van der Waals surface area contributed by atoms with Crippen LogP contribution in [-0.2, 0) is 6.42 Å². The van der Waals surface area contributed by atoms with Gasteiger partial charge in [-0.2, -0.15) is 0 Å². The van der Waals surface area contributed by atoms with Gasteiger partial charge < -0.3 is 10.5 Å². The fraction of sp³-hybridized carbons (Fsp3) is 0.250. The molecule has 1 unspecified atom stereocenters. The standard InChI is InChI=1S/C16H18BrNO/c1-3-11-5-4-6-12(9-11)16(18)14-8-7-13(17)10-15(14)19-2/h4-10,16H,3,18H2,1-2H3. The van der Waals surface area contributed by atoms with Crippen LogP contribution in [0.25, 0.3) is 0 Å². The predicted molar refractivity (Wildman–Crippen MR) is 82.5 cm³/mol. The molecule has 0 saturated carbocycles. The highest BCUT2D eigenvalue weighted by Gasteiger charge is 2.14. The number of aryl methyl sites for hydroxylation is 1. The van der Waals surface area contributed by atoms with Crippen LogP contribution in [0.5, 0.6) is 5.75 Å². The number of rotatable bonds is 4. The molecular weight excluding hydrogens is 302 g/mol. The van der Waals surface area contributed by atoms with Gasteiger partial charge in [-0.05, 0) is 29.7 Å². The lowest BCUT2D eigenvalue weighted by molar-refractivity contribution is 0.407. The number of ether oxygens (including phenoxy) is 1. The van der Waals surface area contributed by atoms with Crippen molar-refractivity contribution in [3.63, 3.8) is 0 Å². The van der Waals surface area contributed by atoms with Crippen molar-refractivity contribution in [1.82, 2.24) is 0 Å². The van der Waals surface area contributed by atoms with Gasteiger partial charge in [-0.25, -0.2) is 0 Å². The fourth-order valence-electron chi connectivity index (χ4n) is 2.13. The molecule has 0 aliphatic rings. The molecule has 0 fully saturated rings. The van der Waals surface area contributed by atoms with Gasteiger partial charge in [-0.15, -0.1) is 0 Å². The summed E-state index contributed by atoms with van der Waals surface area (Å²) in [5.74, 6) is 0.809. The zero-order chi connectivity index (χ0) is 13.8. The first kappa shape index (κ1) is 14.1. The molecule has 0 bridgehead atoms. The maximum absolute atomic E-state index is 6.37. The van der Waals surface area contributed by atoms with E-state index in [1.807, 2.05) is 18.2 Å². The lowest BCUT2D eigenvalue weighted by Crippen LogP contribution is -2.13. The Morgan fingerprint density at radius 1 is 1.21 bits per heavy atom. The van der Waals surface area contributed by atoms with Gasteiger partial charge >= 0.3 is 0 Å². The van der Waals surface area contributed by atoms with Gasteiger partial charge in [0.05, 0.1) is 13.2 Å². The minimum Gasteiger partial charge on any atom is -0.496 e. The van der Waals surface area contributed by atoms with Crippen LogP contribution >= 0.6 is 15.9 Å². The second kappa shape index (κ2) is 6.22. The number of methoxy groups -OCH3 is 1. The molecule has 2 aromatic carbocycles. The Labute approximate surface area is 122 Å². The molecule has 2 rings (SSSR count). The third-order valence-corrected chi connectivity index (χ3v) is 3.74. The average Bonchev–Trinajstić information content (AvgIpc) is 2.46. The highest BCUT2D eigenvalue weighted by atomic mass is 79.9. The van der Waals surface area contributed by atoms with Crippen LogP contribution in [0.4, 0.5) is 0 Å². The van der Waals surface area contributed by atoms with Gasteiger partial charge in [0, 0.05) is 10.0 Å². The number of halogens is 1. The summed E-state index contributed by atoms with van der Waals surface area (Å²) in [6, 6.07) is 14.2. The lowest BCUT2D eigenvalue weighted by Gasteiger charge is -2.17. The van der Waals surface area contributed by atoms with E-state index >= 15 is 0 Å². The van der Waals surface area contributed by atoms with Crippen molar-refractivity contribution in [2.24, 2.45) is 5.73 Å². The topological polar surface area (TPSA) is 35.2 Å². The minimum absolute atomic E-state index is 0.172. The molecule has 100 valence electrons. The monoisotopic (exact) mass is 319 g/mol. The van der Waals surface area contributed by atoms with Crippen LogP contribution in [0, 0.1) is 0 Å². The minimum atomic E-state index is -0.172. The number of hydrogen-bond acceptors (Lipinski definition) is 2. The SMILES string of the molecule is CCc1cccc(C(N)c2ccc(Br)cc2OC)c1. The predicted octanol–water partition coefficient (Wildman–Crippen LogP) is 4.07. The summed E-state index contributed by atoms with van der Waals surface area (Å²) in [5, 5.41) is 0. The third kappa shape index (κ3) is 3.17. The van der Waals surface area contributed by atoms with E-state index in [-0.39, 0.29) is 6.04 Å². The Kier molecular flexibility index (Phi) is 4.61. The molecular formula is C16H18BrNO. The first-order valence-corrected chi connectivity index (χ1v) is 7.13. The maximum atomic E-state index is 6.37. The van der Waals surface area contributed by atoms with Crippen molar-refractivity contribution in [2.45, 2.75) is 19.4 Å². The van der Waals surface area contributed by atoms with Crippen molar-refractivity contribution in [3.05, 3.63) is 63.6 Å². The van der Waals surface area contributed by atoms with E-state index in [0.29, 0.717) is 0 Å². The molecule has 1 atom stereocenters. The first-order chi connectivity index (χ1) is 9.15. The molecule has 19 heavy (non-hydrogen) atoms. The summed E-state index contributed by atoms with van der Waals surface area (Å²) < 4.78 is 6.40. The van der Waals surface area contributed by atoms with E-state index in [0.717, 1.165) is 27.8 Å². The highest BCUT2D eigenvalue weighted by molar-refractivity contribution is 9.10. The summed E-state index contributed by atoms with van der Waals surface area (Å²) in [6.07, 6.45) is 1.01. The van der Waals surface area contributed by atoms with Crippen LogP contribution < -0.4 is 10.5 Å². The molecule has 2 nitrogen and oxygen atoms in total. The molecule has 0 heterocycles. The van der Waals surface area contributed by atoms with Crippen molar-refractivity contribution in [3.8, 4) is 5.75 Å². The highest BCUT2D eigenvalue weighted by Crippen LogP contribution is 2.31. The third-order valence-electron chi connectivity index (χ3n) is 3.25. The molecule has 0 saturated heterocycles. The summed E-state index contributed by atoms with van der Waals surface area (Å²) >= 11 is 3.44. The Morgan fingerprint density at radius 2 is 2.00 bits per heavy atom. The van der Waals surface area contributed by atoms with Crippen molar-refractivity contribution < 1.29 is 4.74 Å². The van der Waals surface area contributed by atoms with E-state index in [4.69, 9.17) is 10.5 Å². The second-order valence-electron chi connectivity index (χ2n) is 4.46. The van der Waals surface area contributed by atoms with E-state index in [2.05, 4.69) is 47.1 Å². The van der Waals surface area contributed by atoms with Crippen molar-refractivity contribution in [2.75, 3.05) is 7.11 Å². The number of hydrogen-bond donors (Lipinski definition) is 1. The Morgan fingerprint density at radius 3 is 2.68 bits per heavy atom. The van der Waals surface area contributed by atoms with Crippen LogP contribution in [0.15, 0.2) is 46.9 Å². The molecule has 0 aromatic heterocycles. The summed E-state index contributed by atoms with van der Waals surface area (Å²) in [5.41, 5.74) is 9.78. The van der Waals surface area contributed by atoms with Gasteiger partial charge in [-0.3, -0.25) is 0 Å². The summed E-state index contributed by atoms with van der Waals surface area (Å²) in [7, 11) is 1.67. The quantitative estimate of drug-likeness (QED) is 0.922. The molecule has 0 aliphatic carbocycles. The van der Waals surface area contributed by atoms with Crippen molar-refractivity contribution >= 4 is 15.9 Å². The molecule has 0 amide bonds. The molecule has 0 aliphatic heterocycles. The molecule has 0 radical (unpaired) electrons. The van der Waals surface area contributed by atoms with Crippen LogP contribution in [0.1, 0.15) is 29.7 Å². The largest absolute Gasteiger partial charge is 0.496 e. The van der Waals surface area contributed by atoms with Gasteiger partial charge in [0.15, 0.2) is 0 Å². The molecule has 2 aromatic rings. The van der Waals surface area contributed by atoms with Crippen LogP contribution in [0.3, 0.4) is 0 Å². The average molecular weight is 320 g/mol. The van der Waals surface area contributed by atoms with Crippen molar-refractivity contribution in [1.29, 1.82) is 0 Å². The smallest absolute Gasteiger partial charge is 0.125 e. The Bertz CT molecular complexity index is 568. The van der Waals surface area contributed by atoms with E-state index in [1.54, 1.807) is 7.11 Å². The second-order valence-corrected chi connectivity index (χ2v) is 5.38. The van der Waals surface area contributed by atoms with Crippen LogP contribution in [-0.4, -0.2) is 7.11 Å². The van der Waals surface area contributed by atoms with Gasteiger partial charge in [0.25, 0.3) is 0 Å². The Hall–Kier alpha value is -1.32. The van der Waals surface area contributed by atoms with E-state index in [9.17, 15) is 0 Å². The molecule has 0 spiro atoms. The van der Waals surface area contributed by atoms with E-state index in [1.165, 1.54) is 5.56 Å². The van der Waals surface area contributed by atoms with Crippen LogP contribution in [0.2, 0.25) is 0 Å². The van der Waals surface area contributed by atoms with Gasteiger partial charge in [-0.1, -0.05) is 53.2 Å². The van der Waals surface area contributed by atoms with Gasteiger partial charge in [0.2, 0.25) is 0 Å². The number of benzene rings is 2.